The molecular weight excluding hydrogens is 2140 g/mol. The number of nitrogens with zero attached hydrogens (tertiary/aromatic N) is 13. The first-order chi connectivity index (χ1) is 68.3. The Hall–Kier alpha value is -9.61. The molecule has 51 heteroatoms. The van der Waals surface area contributed by atoms with Crippen LogP contribution in [0.4, 0.5) is 28.4 Å². The minimum atomic E-state index is -4.07. The van der Waals surface area contributed by atoms with Gasteiger partial charge in [0, 0.05) is 236 Å². The number of hydrogen-bond acceptors (Lipinski definition) is 30. The largest absolute Gasteiger partial charge is 0.456 e. The molecule has 2 N–H and O–H groups in total. The van der Waals surface area contributed by atoms with Gasteiger partial charge in [0.1, 0.15) is 59.0 Å². The summed E-state index contributed by atoms with van der Waals surface area (Å²) in [7, 11) is -19.8. The second-order valence-electron chi connectivity index (χ2n) is 34.3. The molecular formula is C94H107Cl6N15O23S7. The normalized spacial score (nSPS) is 17.8. The molecule has 5 heterocycles. The van der Waals surface area contributed by atoms with E-state index in [-0.39, 0.29) is 155 Å². The molecule has 0 saturated carbocycles. The molecule has 0 amide bonds. The summed E-state index contributed by atoms with van der Waals surface area (Å²) in [4.78, 5) is 61.1. The van der Waals surface area contributed by atoms with Crippen LogP contribution in [-0.2, 0) is 50.1 Å². The van der Waals surface area contributed by atoms with Gasteiger partial charge >= 0.3 is 0 Å². The van der Waals surface area contributed by atoms with Crippen LogP contribution in [0.3, 0.4) is 0 Å². The summed E-state index contributed by atoms with van der Waals surface area (Å²) in [6.07, 6.45) is 0. The molecule has 10 aromatic rings. The van der Waals surface area contributed by atoms with Gasteiger partial charge in [-0.3, -0.25) is 50.6 Å². The van der Waals surface area contributed by atoms with Crippen molar-refractivity contribution in [3.05, 3.63) is 285 Å². The van der Waals surface area contributed by atoms with Crippen molar-refractivity contribution in [2.45, 2.75) is 144 Å². The smallest absolute Gasteiger partial charge is 0.271 e. The Labute approximate surface area is 880 Å². The number of hydrogen-bond donors (Lipinski definition) is 2. The lowest BCUT2D eigenvalue weighted by Gasteiger charge is -2.35. The molecule has 0 radical (unpaired) electrons. The first kappa shape index (κ1) is 116. The second kappa shape index (κ2) is 50.6. The summed E-state index contributed by atoms with van der Waals surface area (Å²) >= 11 is 38.9. The van der Waals surface area contributed by atoms with Gasteiger partial charge in [-0.15, -0.1) is 0 Å². The Kier molecular flexibility index (Phi) is 40.4. The van der Waals surface area contributed by atoms with Crippen LogP contribution in [0.5, 0.6) is 34.5 Å². The number of ether oxygens (including phenoxy) is 3. The van der Waals surface area contributed by atoms with Crippen molar-refractivity contribution in [2.24, 2.45) is 0 Å². The number of nitro benzene ring substituents is 5. The van der Waals surface area contributed by atoms with Gasteiger partial charge in [-0.25, -0.2) is 42.1 Å². The summed E-state index contributed by atoms with van der Waals surface area (Å²) in [5.74, 6) is 0.774. The predicted octanol–water partition coefficient (Wildman–Crippen LogP) is 19.5. The zero-order valence-electron chi connectivity index (χ0n) is 80.4. The van der Waals surface area contributed by atoms with Crippen LogP contribution < -0.4 is 24.8 Å². The zero-order valence-corrected chi connectivity index (χ0v) is 90.6. The standard InChI is InChI=1S/C20H25N3O5S.C20H25N3O4S2.2C18H19Cl2N3O5S.C18H19Cl2N3O4S2/c2*1-4-21-9-11-22(12-10-21)29(26,27)20-14-17(23(24)25)7-8-18(20)28-19-13-15(2)5-6-16(19)3;1-11-9-22(10-12(2)21-11)29(26,27)18-8-14(23(24)25)4-6-16(18)28-17-7-13(19)3-5-15(17)20;1-2-21-7-9-22(10-8-21)29(26,27)18-12-14(23(24)25)4-6-16(18)28-17-11-13(19)3-5-15(17)20;1-11-9-22(10-12(2)21-11)29(26,27)18-8-14(23(24)25)4-6-16(18)28-17-7-13(19)3-5-15(17)20/h2*5-8,13-14H,4,9-12H2,1-3H3;3-8,11-12,21H,9-10H2,1-2H3;3-6,11-12H,2,7-10H2,1H3;3-8,11-12,21H,9-10H2,1-2H3. The number of piperazine rings is 5. The van der Waals surface area contributed by atoms with Crippen molar-refractivity contribution in [3.63, 3.8) is 0 Å². The number of nitro groups is 5. The lowest BCUT2D eigenvalue weighted by atomic mass is 10.1. The molecule has 5 fully saturated rings. The number of rotatable bonds is 28. The average Bonchev–Trinajstić information content (AvgIpc) is 0.772. The number of sulfonamides is 5. The first-order valence-electron chi connectivity index (χ1n) is 45.3. The highest BCUT2D eigenvalue weighted by Gasteiger charge is 2.41. The van der Waals surface area contributed by atoms with E-state index in [1.54, 1.807) is 36.4 Å². The summed E-state index contributed by atoms with van der Waals surface area (Å²) in [6.45, 7) is 30.6. The van der Waals surface area contributed by atoms with E-state index in [1.807, 2.05) is 113 Å². The molecule has 5 aliphatic heterocycles. The molecule has 4 atom stereocenters. The molecule has 780 valence electrons. The molecule has 5 saturated heterocycles. The molecule has 5 aliphatic rings. The van der Waals surface area contributed by atoms with E-state index in [2.05, 4.69) is 25.3 Å². The van der Waals surface area contributed by atoms with Gasteiger partial charge < -0.3 is 39.5 Å². The third-order valence-corrected chi connectivity index (χ3v) is 37.5. The molecule has 15 rings (SSSR count). The van der Waals surface area contributed by atoms with E-state index in [0.717, 1.165) is 82.8 Å². The number of aryl methyl sites for hydroxylation is 4. The Morgan fingerprint density at radius 3 is 0.910 bits per heavy atom. The van der Waals surface area contributed by atoms with Gasteiger partial charge in [0.15, 0.2) is 0 Å². The molecule has 4 unspecified atom stereocenters. The van der Waals surface area contributed by atoms with Crippen LogP contribution in [0.1, 0.15) is 70.7 Å². The van der Waals surface area contributed by atoms with Crippen molar-refractivity contribution in [2.75, 3.05) is 124 Å². The molecule has 10 aromatic carbocycles. The number of likely N-dealkylation sites (N-methyl/N-ethyl adjacent to an activating group) is 3. The lowest BCUT2D eigenvalue weighted by molar-refractivity contribution is -0.385. The highest BCUT2D eigenvalue weighted by atomic mass is 35.5. The van der Waals surface area contributed by atoms with Crippen LogP contribution in [0.15, 0.2) is 226 Å². The molecule has 0 spiro atoms. The number of non-ortho nitro benzene ring substituents is 5. The number of benzene rings is 10. The zero-order chi connectivity index (χ0) is 106. The van der Waals surface area contributed by atoms with E-state index in [1.165, 1.54) is 118 Å². The monoisotopic (exact) mass is 2250 g/mol. The van der Waals surface area contributed by atoms with E-state index < -0.39 is 74.7 Å². The van der Waals surface area contributed by atoms with Crippen LogP contribution in [0.2, 0.25) is 30.1 Å². The topological polar surface area (TPSA) is 464 Å². The Morgan fingerprint density at radius 1 is 0.297 bits per heavy atom. The van der Waals surface area contributed by atoms with Crippen LogP contribution >= 0.6 is 93.1 Å². The van der Waals surface area contributed by atoms with Crippen LogP contribution in [0, 0.1) is 78.3 Å². The fourth-order valence-corrected chi connectivity index (χ4v) is 27.8. The lowest BCUT2D eigenvalue weighted by Crippen LogP contribution is -2.55. The van der Waals surface area contributed by atoms with Crippen molar-refractivity contribution in [1.82, 2.24) is 46.9 Å². The predicted molar refractivity (Wildman–Crippen MR) is 559 cm³/mol. The minimum absolute atomic E-state index is 0.00237. The SMILES string of the molecule is CC1CN(S(=O)(=O)c2cc([N+](=O)[O-])ccc2Oc2cc(Cl)ccc2Cl)CC(C)N1.CC1CN(S(=O)(=O)c2cc([N+](=O)[O-])ccc2Sc2cc(Cl)ccc2Cl)CC(C)N1.CCN1CCN(S(=O)(=O)c2cc([N+](=O)[O-])ccc2Oc2cc(C)ccc2C)CC1.CCN1CCN(S(=O)(=O)c2cc([N+](=O)[O-])ccc2Oc2cc(Cl)ccc2Cl)CC1.CCN1CCN(S(=O)(=O)c2cc([N+](=O)[O-])ccc2Sc2cc(C)ccc2C)CC1. The van der Waals surface area contributed by atoms with E-state index in [9.17, 15) is 92.7 Å². The fraction of sp³-hybridized carbons (Fsp3) is 0.362. The van der Waals surface area contributed by atoms with Crippen LogP contribution in [0.25, 0.3) is 0 Å². The number of halogens is 6. The third kappa shape index (κ3) is 30.0. The summed E-state index contributed by atoms with van der Waals surface area (Å²) < 4.78 is 158. The maximum atomic E-state index is 13.4. The van der Waals surface area contributed by atoms with Gasteiger partial charge in [0.05, 0.1) is 39.7 Å². The highest BCUT2D eigenvalue weighted by Crippen LogP contribution is 2.46. The minimum Gasteiger partial charge on any atom is -0.456 e. The Bertz CT molecular complexity index is 6500. The van der Waals surface area contributed by atoms with Gasteiger partial charge in [-0.05, 0) is 182 Å². The van der Waals surface area contributed by atoms with Crippen molar-refractivity contribution < 1.29 is 80.9 Å². The van der Waals surface area contributed by atoms with Gasteiger partial charge in [-0.1, -0.05) is 138 Å². The highest BCUT2D eigenvalue weighted by molar-refractivity contribution is 8.00. The van der Waals surface area contributed by atoms with E-state index >= 15 is 0 Å². The van der Waals surface area contributed by atoms with Gasteiger partial charge in [-0.2, -0.15) is 21.5 Å². The molecule has 0 aliphatic carbocycles. The molecule has 145 heavy (non-hydrogen) atoms. The average molecular weight is 2250 g/mol. The quantitative estimate of drug-likeness (QED) is 0.0340. The van der Waals surface area contributed by atoms with E-state index in [0.29, 0.717) is 106 Å². The van der Waals surface area contributed by atoms with Crippen molar-refractivity contribution in [3.8, 4) is 34.5 Å². The molecule has 0 bridgehead atoms. The van der Waals surface area contributed by atoms with Gasteiger partial charge in [0.2, 0.25) is 50.1 Å². The van der Waals surface area contributed by atoms with Crippen LogP contribution in [-0.4, -0.2) is 251 Å². The van der Waals surface area contributed by atoms with Crippen molar-refractivity contribution in [1.29, 1.82) is 0 Å². The first-order valence-corrected chi connectivity index (χ1v) is 56.4. The number of nitrogens with one attached hydrogen (secondary N) is 2. The second-order valence-corrected chi connectivity index (χ2v) is 48.5. The van der Waals surface area contributed by atoms with E-state index in [4.69, 9.17) is 83.8 Å². The summed E-state index contributed by atoms with van der Waals surface area (Å²) in [5.41, 5.74) is 2.40. The Balaban J connectivity index is 0.000000173. The Morgan fingerprint density at radius 2 is 0.572 bits per heavy atom. The third-order valence-electron chi connectivity index (χ3n) is 23.6. The summed E-state index contributed by atoms with van der Waals surface area (Å²) in [6, 6.07) is 43.8. The summed E-state index contributed by atoms with van der Waals surface area (Å²) in [5, 5.41) is 64.8. The van der Waals surface area contributed by atoms with Crippen molar-refractivity contribution >= 4 is 172 Å². The molecule has 0 aromatic heterocycles. The maximum absolute atomic E-state index is 13.4. The maximum Gasteiger partial charge on any atom is 0.271 e. The van der Waals surface area contributed by atoms with Gasteiger partial charge in [0.25, 0.3) is 28.4 Å². The fourth-order valence-electron chi connectivity index (χ4n) is 15.9. The molecule has 38 nitrogen and oxygen atoms in total.